The lowest BCUT2D eigenvalue weighted by atomic mass is 10.2. The molecule has 0 atom stereocenters. The Bertz CT molecular complexity index is 1100. The summed E-state index contributed by atoms with van der Waals surface area (Å²) >= 11 is 11.7. The number of benzene rings is 2. The van der Waals surface area contributed by atoms with Crippen molar-refractivity contribution < 1.29 is 18.5 Å². The van der Waals surface area contributed by atoms with E-state index >= 15 is 0 Å². The van der Waals surface area contributed by atoms with Gasteiger partial charge in [-0.05, 0) is 61.4 Å². The van der Waals surface area contributed by atoms with E-state index in [2.05, 4.69) is 30.6 Å². The molecule has 0 amide bonds. The number of nitrogens with two attached hydrogens (primary N) is 4. The van der Waals surface area contributed by atoms with E-state index in [-0.39, 0.29) is 23.8 Å². The number of hydrogen-bond donors (Lipinski definition) is 8. The molecule has 2 rings (SSSR count). The van der Waals surface area contributed by atoms with Gasteiger partial charge < -0.3 is 33.6 Å². The van der Waals surface area contributed by atoms with E-state index < -0.39 is 7.91 Å². The van der Waals surface area contributed by atoms with Gasteiger partial charge in [-0.1, -0.05) is 36.0 Å². The Balaban J connectivity index is 0.00000139. The zero-order valence-corrected chi connectivity index (χ0v) is 23.2. The molecule has 0 aliphatic rings. The standard InChI is InChI=1S/C22H30Cl2N10.FH2O3P/c23-15-5-9-17(10-6-15)31-21(27)33-19(25)29-13-3-1-2-4-14-30-20(26)34-22(28)32-18-11-7-16(24)8-12-18;1-5(2,3)4/h5-12H,1-4,13-14H2,(H5,25,27,29,31,33)(H5,26,28,30,32,34);(H2,2,3,4). The molecule has 0 unspecified atom stereocenters. The molecule has 214 valence electrons. The lowest BCUT2D eigenvalue weighted by molar-refractivity contribution is 0.322. The molecule has 2 aromatic carbocycles. The number of anilines is 2. The van der Waals surface area contributed by atoms with Crippen LogP contribution in [0.5, 0.6) is 0 Å². The molecule has 0 spiro atoms. The van der Waals surface area contributed by atoms with Gasteiger partial charge in [0.15, 0.2) is 0 Å². The van der Waals surface area contributed by atoms with Gasteiger partial charge in [0, 0.05) is 34.5 Å². The van der Waals surface area contributed by atoms with Crippen molar-refractivity contribution in [2.24, 2.45) is 42.9 Å². The smallest absolute Gasteiger partial charge is 0.369 e. The number of unbranched alkanes of at least 4 members (excludes halogenated alkanes) is 3. The third kappa shape index (κ3) is 19.3. The first kappa shape index (κ1) is 33.6. The molecule has 0 aromatic heterocycles. The normalized spacial score (nSPS) is 12.9. The van der Waals surface area contributed by atoms with Crippen LogP contribution in [0.2, 0.25) is 10.0 Å². The monoisotopic (exact) mass is 604 g/mol. The predicted molar refractivity (Wildman–Crippen MR) is 158 cm³/mol. The van der Waals surface area contributed by atoms with E-state index in [1.807, 2.05) is 0 Å². The maximum atomic E-state index is 10.4. The lowest BCUT2D eigenvalue weighted by Gasteiger charge is -2.05. The molecular formula is C22H32Cl2FN10O3P. The van der Waals surface area contributed by atoms with Gasteiger partial charge in [-0.15, -0.1) is 4.20 Å². The molecule has 17 heteroatoms. The molecule has 0 bridgehead atoms. The van der Waals surface area contributed by atoms with Crippen molar-refractivity contribution in [3.63, 3.8) is 0 Å². The number of halogens is 3. The second-order valence-corrected chi connectivity index (χ2v) is 9.44. The van der Waals surface area contributed by atoms with E-state index in [1.165, 1.54) is 0 Å². The van der Waals surface area contributed by atoms with Crippen molar-refractivity contribution in [2.75, 3.05) is 23.7 Å². The fraction of sp³-hybridized carbons (Fsp3) is 0.273. The molecule has 0 saturated carbocycles. The summed E-state index contributed by atoms with van der Waals surface area (Å²) in [5, 5.41) is 7.11. The minimum absolute atomic E-state index is 0.124. The van der Waals surface area contributed by atoms with Gasteiger partial charge in [-0.3, -0.25) is 19.8 Å². The van der Waals surface area contributed by atoms with Gasteiger partial charge in [0.1, 0.15) is 0 Å². The van der Waals surface area contributed by atoms with Crippen molar-refractivity contribution in [1.82, 2.24) is 0 Å². The molecule has 0 heterocycles. The van der Waals surface area contributed by atoms with Gasteiger partial charge in [-0.25, -0.2) is 4.57 Å². The third-order valence-electron chi connectivity index (χ3n) is 4.32. The summed E-state index contributed by atoms with van der Waals surface area (Å²) in [5.74, 6) is 0.564. The Morgan fingerprint density at radius 2 is 1.03 bits per heavy atom. The van der Waals surface area contributed by atoms with Gasteiger partial charge in [-0.2, -0.15) is 9.98 Å². The number of nitrogens with zero attached hydrogens (tertiary/aromatic N) is 4. The summed E-state index contributed by atoms with van der Waals surface area (Å²) in [6, 6.07) is 14.1. The van der Waals surface area contributed by atoms with Crippen LogP contribution in [0, 0.1) is 0 Å². The second kappa shape index (κ2) is 18.0. The molecular weight excluding hydrogens is 573 g/mol. The van der Waals surface area contributed by atoms with Crippen LogP contribution >= 0.6 is 31.1 Å². The molecule has 0 aliphatic heterocycles. The Labute approximate surface area is 235 Å². The fourth-order valence-corrected chi connectivity index (χ4v) is 2.95. The number of aliphatic imine (C=N–C) groups is 4. The highest BCUT2D eigenvalue weighted by molar-refractivity contribution is 7.45. The van der Waals surface area contributed by atoms with Crippen molar-refractivity contribution in [3.8, 4) is 0 Å². The topological polar surface area (TPSA) is 235 Å². The molecule has 0 radical (unpaired) electrons. The Morgan fingerprint density at radius 1 is 0.718 bits per heavy atom. The van der Waals surface area contributed by atoms with Crippen molar-refractivity contribution in [2.45, 2.75) is 25.7 Å². The minimum atomic E-state index is -5.14. The Kier molecular flexibility index (Phi) is 15.5. The van der Waals surface area contributed by atoms with E-state index in [9.17, 15) is 4.20 Å². The Morgan fingerprint density at radius 3 is 1.33 bits per heavy atom. The summed E-state index contributed by atoms with van der Waals surface area (Å²) < 4.78 is 19.0. The van der Waals surface area contributed by atoms with Crippen molar-refractivity contribution >= 4 is 66.3 Å². The van der Waals surface area contributed by atoms with Crippen LogP contribution in [0.1, 0.15) is 25.7 Å². The zero-order valence-electron chi connectivity index (χ0n) is 20.8. The summed E-state index contributed by atoms with van der Waals surface area (Å²) in [5.41, 5.74) is 24.8. The number of nitrogens with one attached hydrogen (secondary N) is 2. The SMILES string of the molecule is NC(=NCCCCCCN=C(N)N=C(N)Nc1ccc(Cl)cc1)N=C(N)Nc1ccc(Cl)cc1.O=P(O)(O)F. The highest BCUT2D eigenvalue weighted by Crippen LogP contribution is 2.35. The largest absolute Gasteiger partial charge is 0.507 e. The minimum Gasteiger partial charge on any atom is -0.369 e. The number of rotatable bonds is 9. The van der Waals surface area contributed by atoms with Crippen LogP contribution in [-0.4, -0.2) is 46.7 Å². The third-order valence-corrected chi connectivity index (χ3v) is 4.82. The fourth-order valence-electron chi connectivity index (χ4n) is 2.70. The molecule has 0 aliphatic carbocycles. The zero-order chi connectivity index (χ0) is 29.3. The maximum absolute atomic E-state index is 10.4. The summed E-state index contributed by atoms with van der Waals surface area (Å²) in [6.45, 7) is 1.12. The lowest BCUT2D eigenvalue weighted by Crippen LogP contribution is -2.26. The second-order valence-electron chi connectivity index (χ2n) is 7.62. The van der Waals surface area contributed by atoms with Crippen molar-refractivity contribution in [1.29, 1.82) is 0 Å². The molecule has 0 fully saturated rings. The molecule has 13 nitrogen and oxygen atoms in total. The van der Waals surface area contributed by atoms with Gasteiger partial charge in [0.2, 0.25) is 23.8 Å². The average Bonchev–Trinajstić information content (AvgIpc) is 2.82. The maximum Gasteiger partial charge on any atom is 0.507 e. The van der Waals surface area contributed by atoms with E-state index in [0.717, 1.165) is 37.1 Å². The Hall–Kier alpha value is -3.42. The van der Waals surface area contributed by atoms with E-state index in [1.54, 1.807) is 48.5 Å². The van der Waals surface area contributed by atoms with Crippen LogP contribution in [0.15, 0.2) is 68.5 Å². The highest BCUT2D eigenvalue weighted by atomic mass is 35.5. The first-order valence-corrected chi connectivity index (χ1v) is 13.7. The van der Waals surface area contributed by atoms with E-state index in [0.29, 0.717) is 23.1 Å². The van der Waals surface area contributed by atoms with Crippen LogP contribution in [-0.2, 0) is 4.57 Å². The van der Waals surface area contributed by atoms with Crippen LogP contribution in [0.4, 0.5) is 15.6 Å². The van der Waals surface area contributed by atoms with Crippen LogP contribution < -0.4 is 33.6 Å². The molecule has 0 saturated heterocycles. The highest BCUT2D eigenvalue weighted by Gasteiger charge is 2.05. The first-order chi connectivity index (χ1) is 18.3. The average molecular weight is 605 g/mol. The molecule has 2 aromatic rings. The summed E-state index contributed by atoms with van der Waals surface area (Å²) in [7, 11) is -5.14. The quantitative estimate of drug-likeness (QED) is 0.0904. The van der Waals surface area contributed by atoms with Crippen LogP contribution in [0.3, 0.4) is 0 Å². The van der Waals surface area contributed by atoms with Gasteiger partial charge in [0.05, 0.1) is 0 Å². The summed E-state index contributed by atoms with van der Waals surface area (Å²) in [6.07, 6.45) is 3.68. The summed E-state index contributed by atoms with van der Waals surface area (Å²) in [4.78, 5) is 30.4. The van der Waals surface area contributed by atoms with E-state index in [4.69, 9.17) is 60.5 Å². The first-order valence-electron chi connectivity index (χ1n) is 11.4. The predicted octanol–water partition coefficient (Wildman–Crippen LogP) is 3.39. The molecule has 39 heavy (non-hydrogen) atoms. The number of hydrogen-bond acceptors (Lipinski definition) is 3. The van der Waals surface area contributed by atoms with Crippen LogP contribution in [0.25, 0.3) is 0 Å². The number of guanidine groups is 4. The van der Waals surface area contributed by atoms with Crippen molar-refractivity contribution in [3.05, 3.63) is 58.6 Å². The molecule has 12 N–H and O–H groups in total. The van der Waals surface area contributed by atoms with Gasteiger partial charge >= 0.3 is 7.91 Å². The van der Waals surface area contributed by atoms with Gasteiger partial charge in [0.25, 0.3) is 0 Å².